The first kappa shape index (κ1) is 89.5. The number of hydrogen-bond acceptors (Lipinski definition) is 5. The number of aliphatic hydroxyl groups excluding tert-OH is 1. The molecule has 3 unspecified atom stereocenters. The minimum atomic E-state index is -4.36. The Kier molecular flexibility index (Phi) is 71.5. The summed E-state index contributed by atoms with van der Waals surface area (Å²) in [4.78, 5) is 23.5. The summed E-state index contributed by atoms with van der Waals surface area (Å²) in [5, 5.41) is 14.1. The average molecular weight is 1300 g/mol. The van der Waals surface area contributed by atoms with Gasteiger partial charge >= 0.3 is 7.82 Å². The Bertz CT molecular complexity index is 1630. The smallest absolute Gasteiger partial charge is 0.387 e. The summed E-state index contributed by atoms with van der Waals surface area (Å²) in [7, 11) is 1.59. The van der Waals surface area contributed by atoms with Crippen molar-refractivity contribution >= 4 is 13.7 Å². The van der Waals surface area contributed by atoms with Gasteiger partial charge in [0.15, 0.2) is 0 Å². The van der Waals surface area contributed by atoms with Crippen LogP contribution in [0.3, 0.4) is 0 Å². The number of allylic oxidation sites excluding steroid dienone is 7. The van der Waals surface area contributed by atoms with E-state index in [4.69, 9.17) is 9.05 Å². The van der Waals surface area contributed by atoms with Crippen molar-refractivity contribution in [3.8, 4) is 0 Å². The molecule has 1 amide bonds. The number of carbonyl (C=O) groups is 1. The summed E-state index contributed by atoms with van der Waals surface area (Å²) in [5.74, 6) is -0.168. The minimum Gasteiger partial charge on any atom is -0.387 e. The van der Waals surface area contributed by atoms with Gasteiger partial charge in [-0.1, -0.05) is 403 Å². The lowest BCUT2D eigenvalue weighted by molar-refractivity contribution is -0.870. The summed E-state index contributed by atoms with van der Waals surface area (Å²) in [6.45, 7) is 4.87. The van der Waals surface area contributed by atoms with E-state index in [2.05, 4.69) is 55.6 Å². The van der Waals surface area contributed by atoms with E-state index in [1.807, 2.05) is 27.2 Å². The van der Waals surface area contributed by atoms with Crippen molar-refractivity contribution in [3.05, 3.63) is 48.6 Å². The number of phosphoric ester groups is 1. The van der Waals surface area contributed by atoms with Gasteiger partial charge in [-0.15, -0.1) is 0 Å². The molecule has 0 aromatic rings. The van der Waals surface area contributed by atoms with Crippen molar-refractivity contribution in [1.29, 1.82) is 0 Å². The molecular formula is C82H160N2O6P+. The molecule has 0 rings (SSSR count). The van der Waals surface area contributed by atoms with E-state index >= 15 is 0 Å². The van der Waals surface area contributed by atoms with Gasteiger partial charge in [0, 0.05) is 6.42 Å². The lowest BCUT2D eigenvalue weighted by atomic mass is 10.0. The van der Waals surface area contributed by atoms with Crippen molar-refractivity contribution < 1.29 is 32.9 Å². The number of hydrogen-bond donors (Lipinski definition) is 3. The van der Waals surface area contributed by atoms with E-state index in [0.717, 1.165) is 44.9 Å². The standard InChI is InChI=1S/C82H159N2O6P/c1-6-8-10-12-14-16-18-20-22-24-26-28-30-32-34-36-38-40-41-42-43-44-46-48-50-52-54-56-58-60-62-64-66-68-70-72-74-76-82(86)83-80(79-90-91(87,88)89-78-77-84(3,4)5)81(85)75-73-71-69-67-65-63-61-59-57-55-53-51-49-47-45-39-37-35-33-31-29-27-25-23-21-19-17-15-13-11-9-7-2/h18,20,24,26,30,32,73,75,80-81,85H,6-17,19,21-23,25,27-29,31,33-72,74,76-79H2,1-5H3,(H-,83,86,87,88)/p+1/b20-18-,26-24-,32-30-,75-73+. The van der Waals surface area contributed by atoms with E-state index in [-0.39, 0.29) is 19.1 Å². The summed E-state index contributed by atoms with van der Waals surface area (Å²) in [5.41, 5.74) is 0. The molecule has 91 heavy (non-hydrogen) atoms. The van der Waals surface area contributed by atoms with Crippen LogP contribution in [0.4, 0.5) is 0 Å². The average Bonchev–Trinajstić information content (AvgIpc) is 3.42. The fourth-order valence-corrected chi connectivity index (χ4v) is 13.3. The summed E-state index contributed by atoms with van der Waals surface area (Å²) >= 11 is 0. The fraction of sp³-hybridized carbons (Fsp3) is 0.890. The fourth-order valence-electron chi connectivity index (χ4n) is 12.5. The normalized spacial score (nSPS) is 13.7. The number of amides is 1. The SMILES string of the molecule is CCCCCCC/C=C\C/C=C\C/C=C\CCCCCCCCCCCCCCCCCCCCCCCCC(=O)NC(COP(=O)(O)OCC[N+](C)(C)C)C(O)/C=C/CCCCCCCCCCCCCCCCCCCCCCCCCCCCCCCC. The van der Waals surface area contributed by atoms with Gasteiger partial charge < -0.3 is 19.8 Å². The minimum absolute atomic E-state index is 0.0634. The van der Waals surface area contributed by atoms with Crippen LogP contribution in [0.25, 0.3) is 0 Å². The Morgan fingerprint density at radius 1 is 0.374 bits per heavy atom. The zero-order chi connectivity index (χ0) is 66.2. The molecular weight excluding hydrogens is 1140 g/mol. The van der Waals surface area contributed by atoms with Crippen molar-refractivity contribution in [2.75, 3.05) is 40.9 Å². The maximum Gasteiger partial charge on any atom is 0.472 e. The van der Waals surface area contributed by atoms with Crippen LogP contribution in [-0.4, -0.2) is 73.4 Å². The van der Waals surface area contributed by atoms with Gasteiger partial charge in [-0.05, 0) is 57.8 Å². The van der Waals surface area contributed by atoms with Gasteiger partial charge in [0.1, 0.15) is 13.2 Å². The van der Waals surface area contributed by atoms with E-state index in [1.54, 1.807) is 6.08 Å². The molecule has 0 aromatic carbocycles. The monoisotopic (exact) mass is 1300 g/mol. The van der Waals surface area contributed by atoms with Crippen LogP contribution in [0.5, 0.6) is 0 Å². The molecule has 0 saturated heterocycles. The molecule has 0 aromatic heterocycles. The Labute approximate surface area is 569 Å². The van der Waals surface area contributed by atoms with Crippen molar-refractivity contribution in [1.82, 2.24) is 5.32 Å². The summed E-state index contributed by atoms with van der Waals surface area (Å²) in [6.07, 6.45) is 100. The first-order chi connectivity index (χ1) is 44.5. The zero-order valence-electron chi connectivity index (χ0n) is 61.9. The van der Waals surface area contributed by atoms with E-state index < -0.39 is 20.0 Å². The number of nitrogens with zero attached hydrogens (tertiary/aromatic N) is 1. The second-order valence-electron chi connectivity index (χ2n) is 29.2. The largest absolute Gasteiger partial charge is 0.472 e. The Balaban J connectivity index is 3.95. The first-order valence-corrected chi connectivity index (χ1v) is 42.0. The zero-order valence-corrected chi connectivity index (χ0v) is 62.8. The molecule has 3 N–H and O–H groups in total. The van der Waals surface area contributed by atoms with Crippen LogP contribution in [0.1, 0.15) is 418 Å². The number of carbonyl (C=O) groups excluding carboxylic acids is 1. The second-order valence-corrected chi connectivity index (χ2v) is 30.6. The van der Waals surface area contributed by atoms with Gasteiger partial charge in [0.2, 0.25) is 5.91 Å². The number of unbranched alkanes of at least 4 members (excludes halogenated alkanes) is 57. The van der Waals surface area contributed by atoms with Crippen molar-refractivity contribution in [3.63, 3.8) is 0 Å². The lowest BCUT2D eigenvalue weighted by Crippen LogP contribution is -2.45. The topological polar surface area (TPSA) is 105 Å². The lowest BCUT2D eigenvalue weighted by Gasteiger charge is -2.25. The Hall–Kier alpha value is -1.54. The van der Waals surface area contributed by atoms with Crippen molar-refractivity contribution in [2.24, 2.45) is 0 Å². The quantitative estimate of drug-likeness (QED) is 0.0243. The predicted octanol–water partition coefficient (Wildman–Crippen LogP) is 26.5. The number of likely N-dealkylation sites (N-methyl/N-ethyl adjacent to an activating group) is 1. The van der Waals surface area contributed by atoms with E-state index in [0.29, 0.717) is 17.4 Å². The molecule has 0 bridgehead atoms. The third-order valence-electron chi connectivity index (χ3n) is 18.8. The molecule has 0 heterocycles. The van der Waals surface area contributed by atoms with Crippen LogP contribution in [0, 0.1) is 0 Å². The Morgan fingerprint density at radius 3 is 0.912 bits per heavy atom. The number of nitrogens with one attached hydrogen (secondary N) is 1. The predicted molar refractivity (Wildman–Crippen MR) is 401 cm³/mol. The molecule has 9 heteroatoms. The van der Waals surface area contributed by atoms with E-state index in [9.17, 15) is 19.4 Å². The molecule has 0 spiro atoms. The van der Waals surface area contributed by atoms with Gasteiger partial charge in [-0.25, -0.2) is 4.57 Å². The first-order valence-electron chi connectivity index (χ1n) is 40.5. The molecule has 0 aliphatic rings. The molecule has 3 atom stereocenters. The highest BCUT2D eigenvalue weighted by Gasteiger charge is 2.28. The second kappa shape index (κ2) is 72.7. The maximum absolute atomic E-state index is 13.1. The summed E-state index contributed by atoms with van der Waals surface area (Å²) < 4.78 is 23.9. The maximum atomic E-state index is 13.1. The number of quaternary nitrogens is 1. The number of aliphatic hydroxyl groups is 1. The highest BCUT2D eigenvalue weighted by Crippen LogP contribution is 2.43. The van der Waals surface area contributed by atoms with Gasteiger partial charge in [-0.2, -0.15) is 0 Å². The number of rotatable bonds is 76. The third kappa shape index (κ3) is 75.7. The van der Waals surface area contributed by atoms with Gasteiger partial charge in [0.05, 0.1) is 39.9 Å². The van der Waals surface area contributed by atoms with Gasteiger partial charge in [0.25, 0.3) is 0 Å². The molecule has 0 saturated carbocycles. The molecule has 8 nitrogen and oxygen atoms in total. The van der Waals surface area contributed by atoms with E-state index in [1.165, 1.54) is 353 Å². The number of phosphoric acid groups is 1. The summed E-state index contributed by atoms with van der Waals surface area (Å²) in [6, 6.07) is -0.848. The van der Waals surface area contributed by atoms with Crippen molar-refractivity contribution in [2.45, 2.75) is 431 Å². The highest BCUT2D eigenvalue weighted by molar-refractivity contribution is 7.47. The van der Waals surface area contributed by atoms with Crippen LogP contribution >= 0.6 is 7.82 Å². The van der Waals surface area contributed by atoms with Crippen LogP contribution in [0.2, 0.25) is 0 Å². The van der Waals surface area contributed by atoms with Crippen LogP contribution < -0.4 is 5.32 Å². The molecule has 538 valence electrons. The molecule has 0 radical (unpaired) electrons. The van der Waals surface area contributed by atoms with Crippen LogP contribution in [-0.2, 0) is 18.4 Å². The third-order valence-corrected chi connectivity index (χ3v) is 19.8. The van der Waals surface area contributed by atoms with Gasteiger partial charge in [-0.3, -0.25) is 13.8 Å². The molecule has 0 aliphatic heterocycles. The molecule has 0 fully saturated rings. The highest BCUT2D eigenvalue weighted by atomic mass is 31.2. The Morgan fingerprint density at radius 2 is 0.626 bits per heavy atom. The molecule has 0 aliphatic carbocycles. The van der Waals surface area contributed by atoms with Crippen LogP contribution in [0.15, 0.2) is 48.6 Å².